The van der Waals surface area contributed by atoms with Gasteiger partial charge in [0.2, 0.25) is 0 Å². The van der Waals surface area contributed by atoms with Gasteiger partial charge in [0.1, 0.15) is 10.7 Å². The zero-order valence-electron chi connectivity index (χ0n) is 12.5. The minimum atomic E-state index is -3.71. The van der Waals surface area contributed by atoms with Crippen LogP contribution in [0, 0.1) is 6.92 Å². The Hall–Kier alpha value is -2.12. The topological polar surface area (TPSA) is 94.3 Å². The summed E-state index contributed by atoms with van der Waals surface area (Å²) in [6, 6.07) is 8.73. The molecule has 0 atom stereocenters. The summed E-state index contributed by atoms with van der Waals surface area (Å²) in [6.07, 6.45) is 1.87. The van der Waals surface area contributed by atoms with Crippen LogP contribution in [-0.2, 0) is 21.2 Å². The number of aromatic nitrogens is 1. The van der Waals surface area contributed by atoms with E-state index in [0.29, 0.717) is 30.1 Å². The number of para-hydroxylation sites is 1. The molecule has 2 aromatic rings. The fourth-order valence-electron chi connectivity index (χ4n) is 1.96. The van der Waals surface area contributed by atoms with Crippen molar-refractivity contribution in [2.45, 2.75) is 18.2 Å². The van der Waals surface area contributed by atoms with Crippen molar-refractivity contribution in [1.29, 1.82) is 0 Å². The van der Waals surface area contributed by atoms with Crippen molar-refractivity contribution in [3.8, 4) is 0 Å². The molecule has 118 valence electrons. The number of rotatable bonds is 6. The molecule has 0 aliphatic rings. The molecule has 7 heteroatoms. The van der Waals surface area contributed by atoms with Crippen LogP contribution < -0.4 is 10.5 Å². The van der Waals surface area contributed by atoms with Gasteiger partial charge < -0.3 is 10.5 Å². The Morgan fingerprint density at radius 2 is 2.05 bits per heavy atom. The van der Waals surface area contributed by atoms with Crippen molar-refractivity contribution in [3.05, 3.63) is 47.7 Å². The monoisotopic (exact) mass is 321 g/mol. The minimum absolute atomic E-state index is 0.0840. The number of nitrogens with zero attached hydrogens (tertiary/aromatic N) is 1. The van der Waals surface area contributed by atoms with E-state index in [1.54, 1.807) is 26.2 Å². The quantitative estimate of drug-likeness (QED) is 0.848. The third kappa shape index (κ3) is 3.75. The Kier molecular flexibility index (Phi) is 4.99. The lowest BCUT2D eigenvalue weighted by molar-refractivity contribution is 0.202. The van der Waals surface area contributed by atoms with Gasteiger partial charge in [0.15, 0.2) is 0 Å². The van der Waals surface area contributed by atoms with Crippen molar-refractivity contribution in [2.24, 2.45) is 0 Å². The molecular weight excluding hydrogens is 302 g/mol. The van der Waals surface area contributed by atoms with Crippen LogP contribution in [-0.4, -0.2) is 27.1 Å². The molecule has 0 fully saturated rings. The number of aryl methyl sites for hydroxylation is 1. The van der Waals surface area contributed by atoms with Gasteiger partial charge in [-0.05, 0) is 36.6 Å². The van der Waals surface area contributed by atoms with Gasteiger partial charge in [0.25, 0.3) is 10.0 Å². The summed E-state index contributed by atoms with van der Waals surface area (Å²) in [5.74, 6) is 0.319. The molecule has 2 rings (SSSR count). The van der Waals surface area contributed by atoms with Gasteiger partial charge in [-0.1, -0.05) is 18.2 Å². The Morgan fingerprint density at radius 3 is 2.73 bits per heavy atom. The number of benzene rings is 1. The summed E-state index contributed by atoms with van der Waals surface area (Å²) >= 11 is 0. The van der Waals surface area contributed by atoms with Crippen molar-refractivity contribution in [1.82, 2.24) is 4.98 Å². The summed E-state index contributed by atoms with van der Waals surface area (Å²) in [7, 11) is -2.10. The number of pyridine rings is 1. The number of anilines is 2. The minimum Gasteiger partial charge on any atom is -0.384 e. The second-order valence-electron chi connectivity index (χ2n) is 4.88. The van der Waals surface area contributed by atoms with Gasteiger partial charge in [-0.15, -0.1) is 0 Å². The number of nitrogens with two attached hydrogens (primary N) is 1. The maximum absolute atomic E-state index is 12.5. The van der Waals surface area contributed by atoms with Crippen LogP contribution in [0.25, 0.3) is 0 Å². The first-order valence-corrected chi connectivity index (χ1v) is 8.24. The van der Waals surface area contributed by atoms with Gasteiger partial charge >= 0.3 is 0 Å². The third-order valence-corrected chi connectivity index (χ3v) is 4.57. The normalized spacial score (nSPS) is 11.4. The predicted molar refractivity (Wildman–Crippen MR) is 86.2 cm³/mol. The molecule has 0 spiro atoms. The molecule has 0 saturated carbocycles. The predicted octanol–water partition coefficient (Wildman–Crippen LogP) is 1.96. The van der Waals surface area contributed by atoms with Gasteiger partial charge in [0, 0.05) is 13.3 Å². The van der Waals surface area contributed by atoms with Crippen LogP contribution in [0.3, 0.4) is 0 Å². The zero-order chi connectivity index (χ0) is 16.2. The first-order chi connectivity index (χ1) is 10.4. The molecule has 1 aromatic carbocycles. The molecule has 1 aromatic heterocycles. The standard InChI is InChI=1S/C15H19N3O3S/c1-11-9-13(10-17-15(11)16)22(19,20)18-14-6-4-3-5-12(14)7-8-21-2/h3-6,9-10,18H,7-8H2,1-2H3,(H2,16,17). The zero-order valence-corrected chi connectivity index (χ0v) is 13.4. The molecule has 0 amide bonds. The molecule has 0 bridgehead atoms. The van der Waals surface area contributed by atoms with Gasteiger partial charge in [-0.3, -0.25) is 4.72 Å². The highest BCUT2D eigenvalue weighted by atomic mass is 32.2. The lowest BCUT2D eigenvalue weighted by atomic mass is 10.1. The van der Waals surface area contributed by atoms with Crippen LogP contribution in [0.15, 0.2) is 41.4 Å². The Bertz CT molecular complexity index is 760. The van der Waals surface area contributed by atoms with E-state index in [1.807, 2.05) is 12.1 Å². The second kappa shape index (κ2) is 6.76. The second-order valence-corrected chi connectivity index (χ2v) is 6.56. The molecule has 0 radical (unpaired) electrons. The van der Waals surface area contributed by atoms with Crippen LogP contribution in [0.2, 0.25) is 0 Å². The lowest BCUT2D eigenvalue weighted by Crippen LogP contribution is -2.15. The molecule has 0 unspecified atom stereocenters. The molecular formula is C15H19N3O3S. The third-order valence-electron chi connectivity index (χ3n) is 3.24. The SMILES string of the molecule is COCCc1ccccc1NS(=O)(=O)c1cnc(N)c(C)c1. The van der Waals surface area contributed by atoms with Crippen LogP contribution in [0.1, 0.15) is 11.1 Å². The summed E-state index contributed by atoms with van der Waals surface area (Å²) < 4.78 is 32.6. The van der Waals surface area contributed by atoms with Crippen LogP contribution in [0.5, 0.6) is 0 Å². The summed E-state index contributed by atoms with van der Waals surface area (Å²) in [5.41, 5.74) is 7.65. The fourth-order valence-corrected chi connectivity index (χ4v) is 3.09. The smallest absolute Gasteiger partial charge is 0.263 e. The Morgan fingerprint density at radius 1 is 1.32 bits per heavy atom. The van der Waals surface area contributed by atoms with E-state index in [2.05, 4.69) is 9.71 Å². The fraction of sp³-hybridized carbons (Fsp3) is 0.267. The number of nitrogens with one attached hydrogen (secondary N) is 1. The number of nitrogen functional groups attached to an aromatic ring is 1. The number of sulfonamides is 1. The largest absolute Gasteiger partial charge is 0.384 e. The summed E-state index contributed by atoms with van der Waals surface area (Å²) in [5, 5.41) is 0. The lowest BCUT2D eigenvalue weighted by Gasteiger charge is -2.13. The van der Waals surface area contributed by atoms with E-state index in [9.17, 15) is 8.42 Å². The highest BCUT2D eigenvalue weighted by Gasteiger charge is 2.17. The maximum Gasteiger partial charge on any atom is 0.263 e. The summed E-state index contributed by atoms with van der Waals surface area (Å²) in [6.45, 7) is 2.23. The van der Waals surface area contributed by atoms with Crippen LogP contribution in [0.4, 0.5) is 11.5 Å². The van der Waals surface area contributed by atoms with Gasteiger partial charge in [0.05, 0.1) is 12.3 Å². The summed E-state index contributed by atoms with van der Waals surface area (Å²) in [4.78, 5) is 3.98. The number of ether oxygens (including phenoxy) is 1. The van der Waals surface area contributed by atoms with Crippen molar-refractivity contribution in [3.63, 3.8) is 0 Å². The highest BCUT2D eigenvalue weighted by Crippen LogP contribution is 2.21. The number of hydrogen-bond donors (Lipinski definition) is 2. The van der Waals surface area contributed by atoms with Crippen molar-refractivity contribution >= 4 is 21.5 Å². The highest BCUT2D eigenvalue weighted by molar-refractivity contribution is 7.92. The van der Waals surface area contributed by atoms with E-state index in [4.69, 9.17) is 10.5 Å². The number of hydrogen-bond acceptors (Lipinski definition) is 5. The molecule has 0 aliphatic heterocycles. The molecule has 0 aliphatic carbocycles. The van der Waals surface area contributed by atoms with E-state index < -0.39 is 10.0 Å². The van der Waals surface area contributed by atoms with E-state index in [0.717, 1.165) is 5.56 Å². The Labute approximate surface area is 130 Å². The molecule has 1 heterocycles. The molecule has 6 nitrogen and oxygen atoms in total. The van der Waals surface area contributed by atoms with E-state index in [-0.39, 0.29) is 4.90 Å². The van der Waals surface area contributed by atoms with Gasteiger partial charge in [-0.2, -0.15) is 0 Å². The van der Waals surface area contributed by atoms with Crippen molar-refractivity contribution < 1.29 is 13.2 Å². The molecule has 0 saturated heterocycles. The Balaban J connectivity index is 2.30. The van der Waals surface area contributed by atoms with E-state index in [1.165, 1.54) is 12.3 Å². The molecule has 3 N–H and O–H groups in total. The van der Waals surface area contributed by atoms with Gasteiger partial charge in [-0.25, -0.2) is 13.4 Å². The molecule has 22 heavy (non-hydrogen) atoms. The maximum atomic E-state index is 12.5. The average Bonchev–Trinajstić information content (AvgIpc) is 2.48. The first-order valence-electron chi connectivity index (χ1n) is 6.76. The number of methoxy groups -OCH3 is 1. The van der Waals surface area contributed by atoms with E-state index >= 15 is 0 Å². The van der Waals surface area contributed by atoms with Crippen LogP contribution >= 0.6 is 0 Å². The average molecular weight is 321 g/mol. The first kappa shape index (κ1) is 16.3. The van der Waals surface area contributed by atoms with Crippen molar-refractivity contribution in [2.75, 3.05) is 24.2 Å².